The number of fused-ring (bicyclic) bond motifs is 10. The van der Waals surface area contributed by atoms with Gasteiger partial charge in [-0.25, -0.2) is 0 Å². The molecule has 46 heavy (non-hydrogen) atoms. The zero-order valence-corrected chi connectivity index (χ0v) is 31.3. The van der Waals surface area contributed by atoms with Gasteiger partial charge in [0, 0.05) is 10.0 Å². The third-order valence-corrected chi connectivity index (χ3v) is 12.8. The summed E-state index contributed by atoms with van der Waals surface area (Å²) < 4.78 is 1.19. The van der Waals surface area contributed by atoms with Gasteiger partial charge in [-0.15, -0.1) is 0 Å². The Morgan fingerprint density at radius 3 is 1.59 bits per heavy atom. The molecular formula is C45H55Br. The predicted octanol–water partition coefficient (Wildman–Crippen LogP) is 13.8. The maximum absolute atomic E-state index is 4.02. The molecule has 4 aromatic carbocycles. The van der Waals surface area contributed by atoms with Crippen molar-refractivity contribution < 1.29 is 0 Å². The van der Waals surface area contributed by atoms with E-state index >= 15 is 0 Å². The molecule has 0 aromatic heterocycles. The lowest BCUT2D eigenvalue weighted by Gasteiger charge is -2.35. The van der Waals surface area contributed by atoms with Crippen molar-refractivity contribution in [2.75, 3.05) is 0 Å². The van der Waals surface area contributed by atoms with Gasteiger partial charge in [0.15, 0.2) is 0 Å². The standard InChI is InChI=1S/C45H55Br/c1-9-43(7,26-14-16-30(3)4)32-22-24-34-35-25-23-33(44(8,10-2)27-15-17-31(5)6)29-40(35)45(39(34)28-32)37-19-12-11-18-36(37)42-38(45)20-13-21-41(42)46/h11-13,18-25,28-31H,9-10,14-17,26-27H2,1-8H3. The van der Waals surface area contributed by atoms with Gasteiger partial charge >= 0.3 is 0 Å². The van der Waals surface area contributed by atoms with Crippen LogP contribution in [0.15, 0.2) is 83.3 Å². The highest BCUT2D eigenvalue weighted by atomic mass is 79.9. The summed E-state index contributed by atoms with van der Waals surface area (Å²) in [6, 6.07) is 31.3. The predicted molar refractivity (Wildman–Crippen MR) is 203 cm³/mol. The fourth-order valence-electron chi connectivity index (χ4n) is 8.79. The van der Waals surface area contributed by atoms with Crippen LogP contribution in [-0.2, 0) is 16.2 Å². The Bertz CT molecular complexity index is 1650. The van der Waals surface area contributed by atoms with Gasteiger partial charge in [0.2, 0.25) is 0 Å². The molecule has 2 aliphatic rings. The van der Waals surface area contributed by atoms with Crippen molar-refractivity contribution in [1.29, 1.82) is 0 Å². The molecule has 0 saturated carbocycles. The molecule has 0 saturated heterocycles. The molecule has 0 N–H and O–H groups in total. The van der Waals surface area contributed by atoms with E-state index in [1.807, 2.05) is 0 Å². The van der Waals surface area contributed by atoms with E-state index in [9.17, 15) is 0 Å². The maximum Gasteiger partial charge on any atom is 0.0726 e. The van der Waals surface area contributed by atoms with Crippen LogP contribution in [0, 0.1) is 11.8 Å². The minimum Gasteiger partial charge on any atom is -0.0645 e. The summed E-state index contributed by atoms with van der Waals surface area (Å²) in [5.41, 5.74) is 14.3. The number of hydrogen-bond acceptors (Lipinski definition) is 0. The van der Waals surface area contributed by atoms with Crippen molar-refractivity contribution in [3.05, 3.63) is 117 Å². The molecule has 0 aliphatic heterocycles. The quantitative estimate of drug-likeness (QED) is 0.121. The molecule has 2 aliphatic carbocycles. The van der Waals surface area contributed by atoms with Crippen LogP contribution in [0.5, 0.6) is 0 Å². The van der Waals surface area contributed by atoms with E-state index in [1.165, 1.54) is 98.6 Å². The van der Waals surface area contributed by atoms with Gasteiger partial charge in [-0.05, 0) is 104 Å². The van der Waals surface area contributed by atoms with Crippen LogP contribution in [0.25, 0.3) is 22.3 Å². The van der Waals surface area contributed by atoms with E-state index in [2.05, 4.69) is 150 Å². The van der Waals surface area contributed by atoms with Crippen LogP contribution in [0.4, 0.5) is 0 Å². The van der Waals surface area contributed by atoms with E-state index in [0.29, 0.717) is 0 Å². The Labute approximate surface area is 288 Å². The number of halogens is 1. The van der Waals surface area contributed by atoms with Gasteiger partial charge in [0.05, 0.1) is 5.41 Å². The van der Waals surface area contributed by atoms with Gasteiger partial charge in [-0.2, -0.15) is 0 Å². The topological polar surface area (TPSA) is 0 Å². The average Bonchev–Trinajstić information content (AvgIpc) is 3.51. The highest BCUT2D eigenvalue weighted by Gasteiger charge is 2.52. The lowest BCUT2D eigenvalue weighted by Crippen LogP contribution is -2.28. The van der Waals surface area contributed by atoms with E-state index < -0.39 is 0 Å². The van der Waals surface area contributed by atoms with Crippen LogP contribution < -0.4 is 0 Å². The molecule has 0 fully saturated rings. The SMILES string of the molecule is CCC(C)(CCCC(C)C)c1ccc2c(c1)C1(c3cc(C(C)(CC)CCCC(C)C)ccc3-2)c2ccccc2-c2c(Br)cccc21. The van der Waals surface area contributed by atoms with E-state index in [-0.39, 0.29) is 16.2 Å². The van der Waals surface area contributed by atoms with E-state index in [1.54, 1.807) is 0 Å². The highest BCUT2D eigenvalue weighted by Crippen LogP contribution is 2.64. The van der Waals surface area contributed by atoms with Crippen LogP contribution >= 0.6 is 15.9 Å². The summed E-state index contributed by atoms with van der Waals surface area (Å²) in [6.07, 6.45) is 9.90. The number of hydrogen-bond donors (Lipinski definition) is 0. The highest BCUT2D eigenvalue weighted by molar-refractivity contribution is 9.10. The van der Waals surface area contributed by atoms with Crippen molar-refractivity contribution in [1.82, 2.24) is 0 Å². The molecule has 0 nitrogen and oxygen atoms in total. The lowest BCUT2D eigenvalue weighted by molar-refractivity contribution is 0.382. The average molecular weight is 676 g/mol. The zero-order valence-electron chi connectivity index (χ0n) is 29.7. The first-order valence-corrected chi connectivity index (χ1v) is 19.0. The smallest absolute Gasteiger partial charge is 0.0645 e. The van der Waals surface area contributed by atoms with Crippen LogP contribution in [0.1, 0.15) is 140 Å². The second kappa shape index (κ2) is 12.8. The zero-order chi connectivity index (χ0) is 32.9. The van der Waals surface area contributed by atoms with Gasteiger partial charge in [0.1, 0.15) is 0 Å². The van der Waals surface area contributed by atoms with Gasteiger partial charge in [-0.1, -0.05) is 170 Å². The molecule has 1 spiro atoms. The van der Waals surface area contributed by atoms with Crippen molar-refractivity contribution in [2.24, 2.45) is 11.8 Å². The van der Waals surface area contributed by atoms with Gasteiger partial charge in [0.25, 0.3) is 0 Å². The van der Waals surface area contributed by atoms with Crippen molar-refractivity contribution in [3.63, 3.8) is 0 Å². The fourth-order valence-corrected chi connectivity index (χ4v) is 9.37. The number of benzene rings is 4. The summed E-state index contributed by atoms with van der Waals surface area (Å²) in [6.45, 7) is 19.2. The third kappa shape index (κ3) is 5.34. The summed E-state index contributed by atoms with van der Waals surface area (Å²) in [7, 11) is 0. The molecule has 1 heteroatoms. The monoisotopic (exact) mass is 674 g/mol. The van der Waals surface area contributed by atoms with Crippen LogP contribution in [-0.4, -0.2) is 0 Å². The molecule has 0 heterocycles. The molecule has 4 aromatic rings. The Kier molecular flexibility index (Phi) is 9.23. The minimum absolute atomic E-state index is 0.153. The number of rotatable bonds is 12. The van der Waals surface area contributed by atoms with Crippen molar-refractivity contribution in [3.8, 4) is 22.3 Å². The fraction of sp³-hybridized carbons (Fsp3) is 0.467. The normalized spacial score (nSPS) is 18.8. The van der Waals surface area contributed by atoms with Crippen LogP contribution in [0.2, 0.25) is 0 Å². The Balaban J connectivity index is 1.60. The first kappa shape index (κ1) is 33.3. The molecule has 0 radical (unpaired) electrons. The van der Waals surface area contributed by atoms with Gasteiger partial charge in [-0.3, -0.25) is 0 Å². The lowest BCUT2D eigenvalue weighted by atomic mass is 9.67. The molecular weight excluding hydrogens is 620 g/mol. The largest absolute Gasteiger partial charge is 0.0726 e. The first-order valence-electron chi connectivity index (χ1n) is 18.2. The summed E-state index contributed by atoms with van der Waals surface area (Å²) >= 11 is 4.02. The Hall–Kier alpha value is -2.64. The van der Waals surface area contributed by atoms with Gasteiger partial charge < -0.3 is 0 Å². The van der Waals surface area contributed by atoms with Crippen LogP contribution in [0.3, 0.4) is 0 Å². The van der Waals surface area contributed by atoms with Crippen molar-refractivity contribution in [2.45, 2.75) is 123 Å². The molecule has 6 rings (SSSR count). The molecule has 0 bridgehead atoms. The second-order valence-corrected chi connectivity index (χ2v) is 16.7. The van der Waals surface area contributed by atoms with E-state index in [0.717, 1.165) is 24.7 Å². The Morgan fingerprint density at radius 2 is 1.09 bits per heavy atom. The molecule has 242 valence electrons. The van der Waals surface area contributed by atoms with Crippen molar-refractivity contribution >= 4 is 15.9 Å². The van der Waals surface area contributed by atoms with E-state index in [4.69, 9.17) is 0 Å². The third-order valence-electron chi connectivity index (χ3n) is 12.1. The Morgan fingerprint density at radius 1 is 0.587 bits per heavy atom. The molecule has 2 unspecified atom stereocenters. The summed E-state index contributed by atoms with van der Waals surface area (Å²) in [5, 5.41) is 0. The maximum atomic E-state index is 4.02. The molecule has 0 amide bonds. The summed E-state index contributed by atoms with van der Waals surface area (Å²) in [5.74, 6) is 1.49. The summed E-state index contributed by atoms with van der Waals surface area (Å²) in [4.78, 5) is 0. The minimum atomic E-state index is -0.328. The first-order chi connectivity index (χ1) is 22.0. The molecule has 2 atom stereocenters. The second-order valence-electron chi connectivity index (χ2n) is 15.9.